The fourth-order valence-electron chi connectivity index (χ4n) is 2.87. The van der Waals surface area contributed by atoms with Crippen LogP contribution in [-0.2, 0) is 19.1 Å². The predicted octanol–water partition coefficient (Wildman–Crippen LogP) is 3.87. The Bertz CT molecular complexity index is 1100. The molecule has 2 heterocycles. The molecule has 0 radical (unpaired) electrons. The van der Waals surface area contributed by atoms with Crippen molar-refractivity contribution in [2.24, 2.45) is 0 Å². The van der Waals surface area contributed by atoms with Gasteiger partial charge in [-0.2, -0.15) is 0 Å². The molecule has 2 aromatic rings. The van der Waals surface area contributed by atoms with Crippen LogP contribution in [0.4, 0.5) is 10.0 Å². The molecule has 0 aliphatic rings. The Morgan fingerprint density at radius 1 is 0.812 bits per heavy atom. The van der Waals surface area contributed by atoms with Crippen LogP contribution in [0.15, 0.2) is 0 Å². The van der Waals surface area contributed by atoms with Gasteiger partial charge in [0.25, 0.3) is 5.91 Å². The summed E-state index contributed by atoms with van der Waals surface area (Å²) < 4.78 is 10.2. The molecule has 2 N–H and O–H groups in total. The highest BCUT2D eigenvalue weighted by Gasteiger charge is 2.26. The SMILES string of the molecule is CCOC(=O)c1c(NC(=O)COC(=O)c2c(NC(C)=O)sc(C)c2C)sc(C(C)=O)c1C. The average molecular weight is 481 g/mol. The maximum Gasteiger partial charge on any atom is 0.341 e. The van der Waals surface area contributed by atoms with Gasteiger partial charge in [0, 0.05) is 11.8 Å². The summed E-state index contributed by atoms with van der Waals surface area (Å²) in [6, 6.07) is 0. The third-order valence-electron chi connectivity index (χ3n) is 4.41. The molecule has 2 aromatic heterocycles. The summed E-state index contributed by atoms with van der Waals surface area (Å²) in [7, 11) is 0. The van der Waals surface area contributed by atoms with E-state index in [-0.39, 0.29) is 34.4 Å². The van der Waals surface area contributed by atoms with E-state index in [1.54, 1.807) is 27.7 Å². The first kappa shape index (κ1) is 25.2. The summed E-state index contributed by atoms with van der Waals surface area (Å²) in [5, 5.41) is 5.61. The number of hydrogen-bond donors (Lipinski definition) is 2. The number of carbonyl (C=O) groups is 5. The van der Waals surface area contributed by atoms with Gasteiger partial charge in [-0.25, -0.2) is 9.59 Å². The molecule has 11 heteroatoms. The molecule has 0 aromatic carbocycles. The van der Waals surface area contributed by atoms with E-state index in [0.29, 0.717) is 21.0 Å². The van der Waals surface area contributed by atoms with Crippen molar-refractivity contribution in [2.45, 2.75) is 41.5 Å². The van der Waals surface area contributed by atoms with Crippen molar-refractivity contribution >= 4 is 62.2 Å². The van der Waals surface area contributed by atoms with Crippen LogP contribution >= 0.6 is 22.7 Å². The van der Waals surface area contributed by atoms with Crippen LogP contribution in [0.5, 0.6) is 0 Å². The van der Waals surface area contributed by atoms with Crippen LogP contribution in [0.2, 0.25) is 0 Å². The molecule has 0 saturated heterocycles. The van der Waals surface area contributed by atoms with Gasteiger partial charge in [-0.1, -0.05) is 0 Å². The summed E-state index contributed by atoms with van der Waals surface area (Å²) in [6.07, 6.45) is 0. The van der Waals surface area contributed by atoms with Crippen molar-refractivity contribution in [3.05, 3.63) is 32.0 Å². The van der Waals surface area contributed by atoms with Gasteiger partial charge in [-0.15, -0.1) is 22.7 Å². The first-order valence-corrected chi connectivity index (χ1v) is 11.3. The third kappa shape index (κ3) is 5.60. The van der Waals surface area contributed by atoms with E-state index in [1.165, 1.54) is 25.2 Å². The zero-order valence-corrected chi connectivity index (χ0v) is 20.2. The van der Waals surface area contributed by atoms with Crippen molar-refractivity contribution in [3.8, 4) is 0 Å². The Balaban J connectivity index is 2.18. The quantitative estimate of drug-likeness (QED) is 0.434. The van der Waals surface area contributed by atoms with Crippen molar-refractivity contribution in [1.82, 2.24) is 0 Å². The number of ether oxygens (including phenoxy) is 2. The second-order valence-corrected chi connectivity index (χ2v) is 9.08. The lowest BCUT2D eigenvalue weighted by Crippen LogP contribution is -2.22. The van der Waals surface area contributed by atoms with E-state index in [4.69, 9.17) is 9.47 Å². The molecule has 0 aliphatic heterocycles. The molecular weight excluding hydrogens is 456 g/mol. The van der Waals surface area contributed by atoms with E-state index in [0.717, 1.165) is 16.2 Å². The fourth-order valence-corrected chi connectivity index (χ4v) is 5.07. The van der Waals surface area contributed by atoms with E-state index in [1.807, 2.05) is 0 Å². The number of esters is 2. The molecule has 32 heavy (non-hydrogen) atoms. The normalized spacial score (nSPS) is 10.4. The fraction of sp³-hybridized carbons (Fsp3) is 0.381. The van der Waals surface area contributed by atoms with Crippen molar-refractivity contribution < 1.29 is 33.4 Å². The van der Waals surface area contributed by atoms with Gasteiger partial charge in [0.15, 0.2) is 12.4 Å². The standard InChI is InChI=1S/C21H24N2O7S2/c1-7-29-20(27)16-10(3)17(11(4)24)32-19(16)23-14(26)8-30-21(28)15-9(2)12(5)31-18(15)22-13(6)25/h7-8H2,1-6H3,(H,22,25)(H,23,26). The number of rotatable bonds is 8. The molecule has 172 valence electrons. The zero-order valence-electron chi connectivity index (χ0n) is 18.6. The van der Waals surface area contributed by atoms with Crippen LogP contribution in [0.25, 0.3) is 0 Å². The Morgan fingerprint density at radius 2 is 1.38 bits per heavy atom. The zero-order chi connectivity index (χ0) is 24.2. The smallest absolute Gasteiger partial charge is 0.341 e. The summed E-state index contributed by atoms with van der Waals surface area (Å²) in [6.45, 7) is 8.96. The minimum absolute atomic E-state index is 0.0963. The summed E-state index contributed by atoms with van der Waals surface area (Å²) >= 11 is 2.19. The van der Waals surface area contributed by atoms with E-state index in [9.17, 15) is 24.0 Å². The molecular formula is C21H24N2O7S2. The van der Waals surface area contributed by atoms with Crippen LogP contribution in [-0.4, -0.2) is 42.7 Å². The van der Waals surface area contributed by atoms with Gasteiger partial charge in [0.1, 0.15) is 10.0 Å². The van der Waals surface area contributed by atoms with Crippen LogP contribution < -0.4 is 10.6 Å². The first-order chi connectivity index (χ1) is 15.0. The van der Waals surface area contributed by atoms with Gasteiger partial charge >= 0.3 is 11.9 Å². The Hall–Kier alpha value is -3.05. The minimum atomic E-state index is -0.761. The number of thiophene rings is 2. The van der Waals surface area contributed by atoms with Gasteiger partial charge in [0.05, 0.1) is 22.6 Å². The van der Waals surface area contributed by atoms with E-state index < -0.39 is 24.5 Å². The van der Waals surface area contributed by atoms with Crippen LogP contribution in [0.3, 0.4) is 0 Å². The topological polar surface area (TPSA) is 128 Å². The number of hydrogen-bond acceptors (Lipinski definition) is 9. The van der Waals surface area contributed by atoms with Gasteiger partial charge in [-0.3, -0.25) is 14.4 Å². The molecule has 0 unspecified atom stereocenters. The number of aryl methyl sites for hydroxylation is 1. The van der Waals surface area contributed by atoms with Crippen molar-refractivity contribution in [3.63, 3.8) is 0 Å². The highest BCUT2D eigenvalue weighted by Crippen LogP contribution is 2.35. The van der Waals surface area contributed by atoms with Gasteiger partial charge < -0.3 is 20.1 Å². The van der Waals surface area contributed by atoms with Crippen LogP contribution in [0.1, 0.15) is 67.2 Å². The van der Waals surface area contributed by atoms with Crippen LogP contribution in [0, 0.1) is 20.8 Å². The lowest BCUT2D eigenvalue weighted by atomic mass is 10.1. The average Bonchev–Trinajstić information content (AvgIpc) is 3.15. The molecule has 0 atom stereocenters. The largest absolute Gasteiger partial charge is 0.462 e. The summed E-state index contributed by atoms with van der Waals surface area (Å²) in [5.41, 5.74) is 1.35. The lowest BCUT2D eigenvalue weighted by Gasteiger charge is -2.09. The van der Waals surface area contributed by atoms with Crippen molar-refractivity contribution in [1.29, 1.82) is 0 Å². The second-order valence-electron chi connectivity index (χ2n) is 6.83. The molecule has 0 aliphatic carbocycles. The Kier molecular flexibility index (Phi) is 8.28. The highest BCUT2D eigenvalue weighted by atomic mass is 32.1. The maximum absolute atomic E-state index is 12.6. The molecule has 2 rings (SSSR count). The molecule has 9 nitrogen and oxygen atoms in total. The van der Waals surface area contributed by atoms with Gasteiger partial charge in [0.2, 0.25) is 5.91 Å². The van der Waals surface area contributed by atoms with E-state index in [2.05, 4.69) is 10.6 Å². The monoisotopic (exact) mass is 480 g/mol. The number of ketones is 1. The first-order valence-electron chi connectivity index (χ1n) is 9.63. The minimum Gasteiger partial charge on any atom is -0.462 e. The van der Waals surface area contributed by atoms with E-state index >= 15 is 0 Å². The number of amides is 2. The highest BCUT2D eigenvalue weighted by molar-refractivity contribution is 7.18. The second kappa shape index (κ2) is 10.5. The molecule has 0 saturated carbocycles. The third-order valence-corrected chi connectivity index (χ3v) is 6.84. The Morgan fingerprint density at radius 3 is 1.94 bits per heavy atom. The molecule has 2 amide bonds. The predicted molar refractivity (Wildman–Crippen MR) is 122 cm³/mol. The number of carbonyl (C=O) groups excluding carboxylic acids is 5. The summed E-state index contributed by atoms with van der Waals surface area (Å²) in [4.78, 5) is 61.8. The molecule has 0 fully saturated rings. The van der Waals surface area contributed by atoms with Gasteiger partial charge in [-0.05, 0) is 45.7 Å². The number of nitrogens with one attached hydrogen (secondary N) is 2. The number of anilines is 2. The number of Topliss-reactive ketones (excluding diaryl/α,β-unsaturated/α-hetero) is 1. The Labute approximate surface area is 193 Å². The maximum atomic E-state index is 12.6. The molecule has 0 spiro atoms. The molecule has 0 bridgehead atoms. The van der Waals surface area contributed by atoms with Crippen molar-refractivity contribution in [2.75, 3.05) is 23.8 Å². The summed E-state index contributed by atoms with van der Waals surface area (Å²) in [5.74, 6) is -2.70. The lowest BCUT2D eigenvalue weighted by molar-refractivity contribution is -0.119.